The van der Waals surface area contributed by atoms with Crippen molar-refractivity contribution in [1.29, 1.82) is 0 Å². The Bertz CT molecular complexity index is 303. The molecule has 1 rings (SSSR count). The zero-order valence-electron chi connectivity index (χ0n) is 15.4. The van der Waals surface area contributed by atoms with E-state index in [-0.39, 0.29) is 12.5 Å². The summed E-state index contributed by atoms with van der Waals surface area (Å²) in [7, 11) is 2.08. The highest BCUT2D eigenvalue weighted by atomic mass is 16.5. The predicted molar refractivity (Wildman–Crippen MR) is 93.6 cm³/mol. The van der Waals surface area contributed by atoms with Crippen molar-refractivity contribution in [2.75, 3.05) is 59.7 Å². The van der Waals surface area contributed by atoms with Crippen LogP contribution in [0.5, 0.6) is 0 Å². The van der Waals surface area contributed by atoms with Crippen molar-refractivity contribution >= 4 is 5.91 Å². The minimum atomic E-state index is 0.100. The molecule has 0 spiro atoms. The van der Waals surface area contributed by atoms with E-state index in [0.29, 0.717) is 13.2 Å². The predicted octanol–water partition coefficient (Wildman–Crippen LogP) is 2.40. The number of unbranched alkanes of at least 4 members (excludes halogenated alkanes) is 3. The van der Waals surface area contributed by atoms with Crippen molar-refractivity contribution in [3.05, 3.63) is 0 Å². The Labute approximate surface area is 142 Å². The van der Waals surface area contributed by atoms with Crippen molar-refractivity contribution < 1.29 is 14.3 Å². The smallest absolute Gasteiger partial charge is 0.248 e. The molecule has 0 atom stereocenters. The van der Waals surface area contributed by atoms with Gasteiger partial charge in [-0.05, 0) is 19.4 Å². The van der Waals surface area contributed by atoms with E-state index >= 15 is 0 Å². The van der Waals surface area contributed by atoms with Gasteiger partial charge in [0, 0.05) is 32.8 Å². The summed E-state index contributed by atoms with van der Waals surface area (Å²) in [6, 6.07) is 0. The Kier molecular flexibility index (Phi) is 11.3. The third kappa shape index (κ3) is 10.7. The van der Waals surface area contributed by atoms with E-state index in [1.54, 1.807) is 0 Å². The summed E-state index contributed by atoms with van der Waals surface area (Å²) in [4.78, 5) is 16.1. The number of piperazine rings is 1. The van der Waals surface area contributed by atoms with Crippen LogP contribution < -0.4 is 0 Å². The van der Waals surface area contributed by atoms with Crippen molar-refractivity contribution in [2.24, 2.45) is 5.92 Å². The molecule has 1 aliphatic rings. The van der Waals surface area contributed by atoms with E-state index in [9.17, 15) is 4.79 Å². The molecule has 0 aromatic rings. The second-order valence-electron chi connectivity index (χ2n) is 6.95. The molecule has 1 aliphatic heterocycles. The number of carbonyl (C=O) groups excluding carboxylic acids is 1. The average Bonchev–Trinajstić information content (AvgIpc) is 2.52. The fourth-order valence-electron chi connectivity index (χ4n) is 2.64. The van der Waals surface area contributed by atoms with Gasteiger partial charge in [-0.1, -0.05) is 39.5 Å². The zero-order valence-corrected chi connectivity index (χ0v) is 15.4. The highest BCUT2D eigenvalue weighted by Crippen LogP contribution is 2.09. The average molecular weight is 328 g/mol. The second kappa shape index (κ2) is 12.7. The van der Waals surface area contributed by atoms with E-state index < -0.39 is 0 Å². The lowest BCUT2D eigenvalue weighted by Gasteiger charge is -2.32. The monoisotopic (exact) mass is 328 g/mol. The van der Waals surface area contributed by atoms with Gasteiger partial charge in [0.25, 0.3) is 0 Å². The van der Waals surface area contributed by atoms with Crippen molar-refractivity contribution in [1.82, 2.24) is 9.80 Å². The Morgan fingerprint density at radius 1 is 0.913 bits per heavy atom. The van der Waals surface area contributed by atoms with Crippen LogP contribution in [0.1, 0.15) is 46.0 Å². The lowest BCUT2D eigenvalue weighted by atomic mass is 10.0. The van der Waals surface area contributed by atoms with Crippen molar-refractivity contribution in [3.63, 3.8) is 0 Å². The first-order valence-corrected chi connectivity index (χ1v) is 9.21. The van der Waals surface area contributed by atoms with Gasteiger partial charge in [-0.15, -0.1) is 0 Å². The van der Waals surface area contributed by atoms with Gasteiger partial charge in [-0.25, -0.2) is 0 Å². The van der Waals surface area contributed by atoms with Gasteiger partial charge in [0.05, 0.1) is 13.2 Å². The van der Waals surface area contributed by atoms with Gasteiger partial charge < -0.3 is 19.3 Å². The van der Waals surface area contributed by atoms with Gasteiger partial charge in [-0.2, -0.15) is 0 Å². The van der Waals surface area contributed by atoms with E-state index in [2.05, 4.69) is 25.8 Å². The van der Waals surface area contributed by atoms with Gasteiger partial charge in [0.1, 0.15) is 6.61 Å². The first-order valence-electron chi connectivity index (χ1n) is 9.21. The van der Waals surface area contributed by atoms with Crippen LogP contribution in [0.25, 0.3) is 0 Å². The normalized spacial score (nSPS) is 16.3. The van der Waals surface area contributed by atoms with Crippen LogP contribution in [0.4, 0.5) is 0 Å². The zero-order chi connectivity index (χ0) is 16.9. The van der Waals surface area contributed by atoms with E-state index in [0.717, 1.165) is 45.1 Å². The fourth-order valence-corrected chi connectivity index (χ4v) is 2.64. The first-order chi connectivity index (χ1) is 11.1. The first kappa shape index (κ1) is 20.4. The van der Waals surface area contributed by atoms with Crippen LogP contribution in [0.15, 0.2) is 0 Å². The van der Waals surface area contributed by atoms with Gasteiger partial charge in [0.15, 0.2) is 0 Å². The number of likely N-dealkylation sites (N-methyl/N-ethyl adjacent to an activating group) is 1. The molecule has 0 saturated carbocycles. The van der Waals surface area contributed by atoms with Crippen LogP contribution in [0.3, 0.4) is 0 Å². The highest BCUT2D eigenvalue weighted by Gasteiger charge is 2.18. The number of rotatable bonds is 12. The Morgan fingerprint density at radius 2 is 1.57 bits per heavy atom. The SMILES string of the molecule is CC(C)CCCCCCOCCOCC(=O)N1CCN(C)CC1. The number of hydrogen-bond donors (Lipinski definition) is 0. The molecule has 0 radical (unpaired) electrons. The molecule has 5 heteroatoms. The molecule has 0 bridgehead atoms. The maximum atomic E-state index is 11.9. The lowest BCUT2D eigenvalue weighted by molar-refractivity contribution is -0.138. The molecule has 1 fully saturated rings. The molecule has 136 valence electrons. The maximum absolute atomic E-state index is 11.9. The number of amides is 1. The molecule has 0 aliphatic carbocycles. The molecule has 0 unspecified atom stereocenters. The molecule has 0 aromatic carbocycles. The Balaban J connectivity index is 1.83. The van der Waals surface area contributed by atoms with Crippen LogP contribution >= 0.6 is 0 Å². The quantitative estimate of drug-likeness (QED) is 0.516. The van der Waals surface area contributed by atoms with Crippen LogP contribution in [0.2, 0.25) is 0 Å². The number of ether oxygens (including phenoxy) is 2. The minimum Gasteiger partial charge on any atom is -0.379 e. The van der Waals surface area contributed by atoms with Crippen molar-refractivity contribution in [3.8, 4) is 0 Å². The molecule has 1 amide bonds. The molecule has 0 N–H and O–H groups in total. The third-order valence-electron chi connectivity index (χ3n) is 4.27. The van der Waals surface area contributed by atoms with Gasteiger partial charge in [0.2, 0.25) is 5.91 Å². The minimum absolute atomic E-state index is 0.100. The topological polar surface area (TPSA) is 42.0 Å². The summed E-state index contributed by atoms with van der Waals surface area (Å²) >= 11 is 0. The second-order valence-corrected chi connectivity index (χ2v) is 6.95. The molecule has 5 nitrogen and oxygen atoms in total. The van der Waals surface area contributed by atoms with Crippen LogP contribution in [-0.2, 0) is 14.3 Å². The summed E-state index contributed by atoms with van der Waals surface area (Å²) < 4.78 is 11.0. The van der Waals surface area contributed by atoms with Gasteiger partial charge in [-0.3, -0.25) is 4.79 Å². The molecule has 0 aromatic heterocycles. The van der Waals surface area contributed by atoms with Crippen LogP contribution in [-0.4, -0.2) is 75.4 Å². The molecular formula is C18H36N2O3. The number of carbonyl (C=O) groups is 1. The molecule has 1 heterocycles. The van der Waals surface area contributed by atoms with Crippen molar-refractivity contribution in [2.45, 2.75) is 46.0 Å². The largest absolute Gasteiger partial charge is 0.379 e. The highest BCUT2D eigenvalue weighted by molar-refractivity contribution is 5.77. The summed E-state index contributed by atoms with van der Waals surface area (Å²) in [5.74, 6) is 0.917. The van der Waals surface area contributed by atoms with E-state index in [1.807, 2.05) is 4.90 Å². The Morgan fingerprint density at radius 3 is 2.26 bits per heavy atom. The summed E-state index contributed by atoms with van der Waals surface area (Å²) in [5.41, 5.74) is 0. The molecular weight excluding hydrogens is 292 g/mol. The lowest BCUT2D eigenvalue weighted by Crippen LogP contribution is -2.48. The summed E-state index contributed by atoms with van der Waals surface area (Å²) in [6.07, 6.45) is 6.33. The fraction of sp³-hybridized carbons (Fsp3) is 0.944. The van der Waals surface area contributed by atoms with E-state index in [1.165, 1.54) is 25.7 Å². The summed E-state index contributed by atoms with van der Waals surface area (Å²) in [6.45, 7) is 10.2. The number of nitrogens with zero attached hydrogens (tertiary/aromatic N) is 2. The van der Waals surface area contributed by atoms with E-state index in [4.69, 9.17) is 9.47 Å². The molecule has 1 saturated heterocycles. The summed E-state index contributed by atoms with van der Waals surface area (Å²) in [5, 5.41) is 0. The third-order valence-corrected chi connectivity index (χ3v) is 4.27. The standard InChI is InChI=1S/C18H36N2O3/c1-17(2)8-6-4-5-7-13-22-14-15-23-16-18(21)20-11-9-19(3)10-12-20/h17H,4-16H2,1-3H3. The Hall–Kier alpha value is -0.650. The van der Waals surface area contributed by atoms with Gasteiger partial charge >= 0.3 is 0 Å². The molecule has 23 heavy (non-hydrogen) atoms. The van der Waals surface area contributed by atoms with Crippen LogP contribution in [0, 0.1) is 5.92 Å². The number of hydrogen-bond acceptors (Lipinski definition) is 4. The maximum Gasteiger partial charge on any atom is 0.248 e.